The molecule has 1 aromatic heterocycles. The second-order valence-electron chi connectivity index (χ2n) is 2.39. The number of aryl methyl sites for hydroxylation is 1. The van der Waals surface area contributed by atoms with Gasteiger partial charge in [0.1, 0.15) is 5.15 Å². The minimum atomic E-state index is 0.498. The molecule has 66 valence electrons. The molecule has 3 nitrogen and oxygen atoms in total. The molecule has 0 unspecified atom stereocenters. The molecular weight excluding hydrogens is 174 g/mol. The topological polar surface area (TPSA) is 37.8 Å². The van der Waals surface area contributed by atoms with Gasteiger partial charge >= 0.3 is 0 Å². The van der Waals surface area contributed by atoms with E-state index in [0.29, 0.717) is 11.1 Å². The van der Waals surface area contributed by atoms with Gasteiger partial charge in [-0.15, -0.1) is 0 Å². The average Bonchev–Trinajstić information content (AvgIpc) is 2.04. The molecule has 0 aliphatic rings. The highest BCUT2D eigenvalue weighted by Gasteiger charge is 1.99. The standard InChI is InChI=1S/C8H12ClN3/c1-3-6-5-7(9)12-8(11-6)10-4-2/h5H,3-4H2,1-2H3,(H,10,11,12). The summed E-state index contributed by atoms with van der Waals surface area (Å²) in [6.07, 6.45) is 0.876. The monoisotopic (exact) mass is 185 g/mol. The third kappa shape index (κ3) is 2.34. The third-order valence-electron chi connectivity index (χ3n) is 1.45. The molecule has 0 saturated heterocycles. The zero-order valence-corrected chi connectivity index (χ0v) is 8.02. The van der Waals surface area contributed by atoms with Crippen LogP contribution in [0.1, 0.15) is 19.5 Å². The van der Waals surface area contributed by atoms with Crippen molar-refractivity contribution < 1.29 is 0 Å². The van der Waals surface area contributed by atoms with E-state index in [1.54, 1.807) is 6.07 Å². The van der Waals surface area contributed by atoms with Crippen LogP contribution in [-0.4, -0.2) is 16.5 Å². The molecular formula is C8H12ClN3. The molecule has 0 bridgehead atoms. The second-order valence-corrected chi connectivity index (χ2v) is 2.78. The first-order valence-electron chi connectivity index (χ1n) is 4.03. The highest BCUT2D eigenvalue weighted by atomic mass is 35.5. The van der Waals surface area contributed by atoms with E-state index in [1.807, 2.05) is 13.8 Å². The minimum absolute atomic E-state index is 0.498. The van der Waals surface area contributed by atoms with Crippen LogP contribution in [0.25, 0.3) is 0 Å². The van der Waals surface area contributed by atoms with Gasteiger partial charge in [0.05, 0.1) is 0 Å². The maximum absolute atomic E-state index is 5.77. The fourth-order valence-corrected chi connectivity index (χ4v) is 1.09. The summed E-state index contributed by atoms with van der Waals surface area (Å²) >= 11 is 5.77. The molecule has 0 aliphatic heterocycles. The summed E-state index contributed by atoms with van der Waals surface area (Å²) < 4.78 is 0. The fourth-order valence-electron chi connectivity index (χ4n) is 0.883. The van der Waals surface area contributed by atoms with Gasteiger partial charge in [0.15, 0.2) is 0 Å². The van der Waals surface area contributed by atoms with Gasteiger partial charge in [-0.2, -0.15) is 0 Å². The van der Waals surface area contributed by atoms with E-state index in [2.05, 4.69) is 15.3 Å². The Hall–Kier alpha value is -0.830. The predicted octanol–water partition coefficient (Wildman–Crippen LogP) is 2.12. The van der Waals surface area contributed by atoms with Crippen molar-refractivity contribution in [3.05, 3.63) is 16.9 Å². The number of rotatable bonds is 3. The van der Waals surface area contributed by atoms with Crippen LogP contribution in [0.15, 0.2) is 6.07 Å². The Balaban J connectivity index is 2.90. The lowest BCUT2D eigenvalue weighted by Gasteiger charge is -2.03. The molecule has 0 radical (unpaired) electrons. The molecule has 0 fully saturated rings. The molecule has 0 amide bonds. The van der Waals surface area contributed by atoms with E-state index >= 15 is 0 Å². The lowest BCUT2D eigenvalue weighted by molar-refractivity contribution is 0.985. The van der Waals surface area contributed by atoms with Crippen molar-refractivity contribution in [3.63, 3.8) is 0 Å². The summed E-state index contributed by atoms with van der Waals surface area (Å²) in [5.74, 6) is 0.613. The SMILES string of the molecule is CCNc1nc(Cl)cc(CC)n1. The van der Waals surface area contributed by atoms with E-state index in [1.165, 1.54) is 0 Å². The summed E-state index contributed by atoms with van der Waals surface area (Å²) in [6, 6.07) is 1.78. The lowest BCUT2D eigenvalue weighted by Crippen LogP contribution is -2.03. The molecule has 1 heterocycles. The van der Waals surface area contributed by atoms with Crippen LogP contribution >= 0.6 is 11.6 Å². The smallest absolute Gasteiger partial charge is 0.224 e. The number of hydrogen-bond acceptors (Lipinski definition) is 3. The van der Waals surface area contributed by atoms with Gasteiger partial charge < -0.3 is 5.32 Å². The lowest BCUT2D eigenvalue weighted by atomic mass is 10.3. The molecule has 4 heteroatoms. The van der Waals surface area contributed by atoms with Gasteiger partial charge in [0.25, 0.3) is 0 Å². The molecule has 12 heavy (non-hydrogen) atoms. The third-order valence-corrected chi connectivity index (χ3v) is 1.64. The van der Waals surface area contributed by atoms with Crippen molar-refractivity contribution in [1.82, 2.24) is 9.97 Å². The minimum Gasteiger partial charge on any atom is -0.354 e. The van der Waals surface area contributed by atoms with E-state index in [-0.39, 0.29) is 0 Å². The van der Waals surface area contributed by atoms with Crippen LogP contribution < -0.4 is 5.32 Å². The van der Waals surface area contributed by atoms with Gasteiger partial charge in [0.2, 0.25) is 5.95 Å². The van der Waals surface area contributed by atoms with Gasteiger partial charge in [-0.25, -0.2) is 9.97 Å². The summed E-state index contributed by atoms with van der Waals surface area (Å²) in [6.45, 7) is 4.84. The van der Waals surface area contributed by atoms with Crippen molar-refractivity contribution in [2.24, 2.45) is 0 Å². The van der Waals surface area contributed by atoms with Gasteiger partial charge in [-0.3, -0.25) is 0 Å². The maximum Gasteiger partial charge on any atom is 0.224 e. The maximum atomic E-state index is 5.77. The van der Waals surface area contributed by atoms with Crippen LogP contribution in [0.4, 0.5) is 5.95 Å². The summed E-state index contributed by atoms with van der Waals surface area (Å²) in [4.78, 5) is 8.25. The quantitative estimate of drug-likeness (QED) is 0.734. The van der Waals surface area contributed by atoms with Crippen molar-refractivity contribution in [3.8, 4) is 0 Å². The van der Waals surface area contributed by atoms with E-state index < -0.39 is 0 Å². The number of aromatic nitrogens is 2. The van der Waals surface area contributed by atoms with Crippen molar-refractivity contribution in [2.45, 2.75) is 20.3 Å². The Labute approximate surface area is 77.2 Å². The number of anilines is 1. The van der Waals surface area contributed by atoms with Crippen LogP contribution in [-0.2, 0) is 6.42 Å². The Morgan fingerprint density at radius 2 is 2.17 bits per heavy atom. The van der Waals surface area contributed by atoms with E-state index in [0.717, 1.165) is 18.7 Å². The first kappa shape index (κ1) is 9.26. The zero-order valence-electron chi connectivity index (χ0n) is 7.26. The Kier molecular flexibility index (Phi) is 3.29. The summed E-state index contributed by atoms with van der Waals surface area (Å²) in [5, 5.41) is 3.51. The van der Waals surface area contributed by atoms with Crippen LogP contribution in [0.2, 0.25) is 5.15 Å². The molecule has 1 N–H and O–H groups in total. The fraction of sp³-hybridized carbons (Fsp3) is 0.500. The first-order valence-corrected chi connectivity index (χ1v) is 4.41. The average molecular weight is 186 g/mol. The molecule has 1 aromatic rings. The predicted molar refractivity (Wildman–Crippen MR) is 50.6 cm³/mol. The van der Waals surface area contributed by atoms with Gasteiger partial charge in [-0.1, -0.05) is 18.5 Å². The van der Waals surface area contributed by atoms with Crippen molar-refractivity contribution in [2.75, 3.05) is 11.9 Å². The first-order chi connectivity index (χ1) is 5.76. The van der Waals surface area contributed by atoms with Crippen LogP contribution in [0, 0.1) is 0 Å². The van der Waals surface area contributed by atoms with Crippen LogP contribution in [0.5, 0.6) is 0 Å². The number of halogens is 1. The highest BCUT2D eigenvalue weighted by Crippen LogP contribution is 2.10. The van der Waals surface area contributed by atoms with Crippen molar-refractivity contribution in [1.29, 1.82) is 0 Å². The Bertz CT molecular complexity index is 262. The number of hydrogen-bond donors (Lipinski definition) is 1. The van der Waals surface area contributed by atoms with Crippen LogP contribution in [0.3, 0.4) is 0 Å². The van der Waals surface area contributed by atoms with Gasteiger partial charge in [-0.05, 0) is 19.4 Å². The number of nitrogens with zero attached hydrogens (tertiary/aromatic N) is 2. The normalized spacial score (nSPS) is 9.92. The molecule has 0 saturated carbocycles. The van der Waals surface area contributed by atoms with E-state index in [4.69, 9.17) is 11.6 Å². The van der Waals surface area contributed by atoms with Crippen molar-refractivity contribution >= 4 is 17.5 Å². The highest BCUT2D eigenvalue weighted by molar-refractivity contribution is 6.29. The zero-order chi connectivity index (χ0) is 8.97. The van der Waals surface area contributed by atoms with E-state index in [9.17, 15) is 0 Å². The molecule has 0 aromatic carbocycles. The van der Waals surface area contributed by atoms with Gasteiger partial charge in [0, 0.05) is 12.2 Å². The summed E-state index contributed by atoms with van der Waals surface area (Å²) in [7, 11) is 0. The molecule has 1 rings (SSSR count). The number of nitrogens with one attached hydrogen (secondary N) is 1. The Morgan fingerprint density at radius 1 is 1.42 bits per heavy atom. The largest absolute Gasteiger partial charge is 0.354 e. The molecule has 0 aliphatic carbocycles. The second kappa shape index (κ2) is 4.26. The summed E-state index contributed by atoms with van der Waals surface area (Å²) in [5.41, 5.74) is 0.964. The Morgan fingerprint density at radius 3 is 2.75 bits per heavy atom. The molecule has 0 spiro atoms. The molecule has 0 atom stereocenters.